The molecule has 0 aliphatic carbocycles. The van der Waals surface area contributed by atoms with Gasteiger partial charge >= 0.3 is 0 Å². The average Bonchev–Trinajstić information content (AvgIpc) is 3.08. The van der Waals surface area contributed by atoms with Gasteiger partial charge in [0, 0.05) is 25.2 Å². The third-order valence-electron chi connectivity index (χ3n) is 5.62. The molecule has 4 rings (SSSR count). The Morgan fingerprint density at radius 2 is 2.25 bits per heavy atom. The van der Waals surface area contributed by atoms with E-state index in [4.69, 9.17) is 4.74 Å². The molecule has 3 aliphatic rings. The van der Waals surface area contributed by atoms with E-state index in [0.717, 1.165) is 17.5 Å². The molecule has 24 heavy (non-hydrogen) atoms. The van der Waals surface area contributed by atoms with Crippen LogP contribution in [0.4, 0.5) is 0 Å². The third kappa shape index (κ3) is 2.32. The summed E-state index contributed by atoms with van der Waals surface area (Å²) in [4.78, 5) is 27.2. The fraction of sp³-hybridized carbons (Fsp3) is 0.556. The van der Waals surface area contributed by atoms with Crippen molar-refractivity contribution < 1.29 is 19.4 Å². The van der Waals surface area contributed by atoms with Gasteiger partial charge in [0.05, 0.1) is 24.7 Å². The van der Waals surface area contributed by atoms with Crippen LogP contribution in [0.15, 0.2) is 18.2 Å². The van der Waals surface area contributed by atoms with Crippen LogP contribution in [-0.4, -0.2) is 47.6 Å². The van der Waals surface area contributed by atoms with Gasteiger partial charge < -0.3 is 20.1 Å². The van der Waals surface area contributed by atoms with Gasteiger partial charge in [0.1, 0.15) is 0 Å². The Kier molecular flexibility index (Phi) is 3.81. The Morgan fingerprint density at radius 1 is 1.38 bits per heavy atom. The van der Waals surface area contributed by atoms with Gasteiger partial charge in [-0.1, -0.05) is 12.1 Å². The zero-order chi connectivity index (χ0) is 16.7. The summed E-state index contributed by atoms with van der Waals surface area (Å²) < 4.78 is 5.46. The van der Waals surface area contributed by atoms with E-state index in [1.54, 1.807) is 4.90 Å². The van der Waals surface area contributed by atoms with Crippen LogP contribution in [0.2, 0.25) is 0 Å². The number of rotatable bonds is 1. The lowest BCUT2D eigenvalue weighted by atomic mass is 9.71. The summed E-state index contributed by atoms with van der Waals surface area (Å²) in [5.41, 5.74) is 1.81. The summed E-state index contributed by atoms with van der Waals surface area (Å²) >= 11 is 0. The first-order valence-corrected chi connectivity index (χ1v) is 8.56. The first kappa shape index (κ1) is 15.6. The number of ether oxygens (including phenoxy) is 1. The van der Waals surface area contributed by atoms with Crippen LogP contribution >= 0.6 is 0 Å². The van der Waals surface area contributed by atoms with Gasteiger partial charge in [-0.3, -0.25) is 9.59 Å². The number of hydrogen-bond acceptors (Lipinski definition) is 4. The molecule has 1 aromatic carbocycles. The van der Waals surface area contributed by atoms with Crippen molar-refractivity contribution in [3.63, 3.8) is 0 Å². The second-order valence-electron chi connectivity index (χ2n) is 6.98. The van der Waals surface area contributed by atoms with Crippen molar-refractivity contribution in [1.82, 2.24) is 10.2 Å². The van der Waals surface area contributed by atoms with Gasteiger partial charge in [-0.2, -0.15) is 0 Å². The summed E-state index contributed by atoms with van der Waals surface area (Å²) in [5, 5.41) is 13.3. The second kappa shape index (κ2) is 5.86. The number of nitrogens with zero attached hydrogens (tertiary/aromatic N) is 1. The van der Waals surface area contributed by atoms with Crippen LogP contribution < -0.4 is 5.32 Å². The second-order valence-corrected chi connectivity index (χ2v) is 6.98. The number of fused-ring (bicyclic) bond motifs is 1. The number of benzene rings is 1. The molecule has 0 saturated carbocycles. The summed E-state index contributed by atoms with van der Waals surface area (Å²) in [6.45, 7) is 2.40. The quantitative estimate of drug-likeness (QED) is 0.799. The molecule has 2 fully saturated rings. The normalized spacial score (nSPS) is 29.5. The molecule has 2 N–H and O–H groups in total. The molecule has 6 nitrogen and oxygen atoms in total. The van der Waals surface area contributed by atoms with Crippen LogP contribution in [0.25, 0.3) is 0 Å². The molecule has 128 valence electrons. The largest absolute Gasteiger partial charge is 0.392 e. The highest BCUT2D eigenvalue weighted by molar-refractivity contribution is 5.97. The molecular weight excluding hydrogens is 308 g/mol. The molecule has 3 aliphatic heterocycles. The van der Waals surface area contributed by atoms with Gasteiger partial charge in [-0.25, -0.2) is 0 Å². The van der Waals surface area contributed by atoms with Crippen LogP contribution in [0, 0.1) is 5.41 Å². The maximum atomic E-state index is 13.1. The minimum atomic E-state index is -0.861. The van der Waals surface area contributed by atoms with Crippen molar-refractivity contribution in [3.05, 3.63) is 34.9 Å². The minimum absolute atomic E-state index is 0.0676. The number of likely N-dealkylation sites (tertiary alicyclic amines) is 1. The number of piperidine rings is 2. The van der Waals surface area contributed by atoms with Gasteiger partial charge in [-0.15, -0.1) is 0 Å². The zero-order valence-electron chi connectivity index (χ0n) is 13.6. The van der Waals surface area contributed by atoms with Crippen molar-refractivity contribution >= 4 is 11.8 Å². The highest BCUT2D eigenvalue weighted by Crippen LogP contribution is 2.38. The molecular formula is C18H22N2O4. The lowest BCUT2D eigenvalue weighted by Crippen LogP contribution is -2.62. The molecule has 2 amide bonds. The number of hydrogen-bond donors (Lipinski definition) is 2. The van der Waals surface area contributed by atoms with Crippen molar-refractivity contribution in [3.8, 4) is 0 Å². The van der Waals surface area contributed by atoms with E-state index >= 15 is 0 Å². The minimum Gasteiger partial charge on any atom is -0.392 e. The molecule has 0 bridgehead atoms. The number of aliphatic hydroxyl groups is 1. The number of carbonyl (C=O) groups is 2. The molecule has 0 unspecified atom stereocenters. The van der Waals surface area contributed by atoms with Crippen LogP contribution in [0.3, 0.4) is 0 Å². The standard InChI is InChI=1S/C18H22N2O4/c21-15-5-8-20(11-18(15)6-2-7-19-17(18)23)16(22)13-4-1-3-12-9-24-10-14(12)13/h1,3-4,15,21H,2,5-11H2,(H,19,23)/t15-,18+/m0/s1. The maximum Gasteiger partial charge on any atom is 0.254 e. The lowest BCUT2D eigenvalue weighted by Gasteiger charge is -2.46. The van der Waals surface area contributed by atoms with E-state index in [9.17, 15) is 14.7 Å². The maximum absolute atomic E-state index is 13.1. The smallest absolute Gasteiger partial charge is 0.254 e. The fourth-order valence-corrected chi connectivity index (χ4v) is 4.19. The predicted octanol–water partition coefficient (Wildman–Crippen LogP) is 0.820. The third-order valence-corrected chi connectivity index (χ3v) is 5.62. The highest BCUT2D eigenvalue weighted by atomic mass is 16.5. The van der Waals surface area contributed by atoms with E-state index in [2.05, 4.69) is 5.32 Å². The van der Waals surface area contributed by atoms with Crippen LogP contribution in [-0.2, 0) is 22.7 Å². The van der Waals surface area contributed by atoms with E-state index in [1.165, 1.54) is 0 Å². The average molecular weight is 330 g/mol. The lowest BCUT2D eigenvalue weighted by molar-refractivity contribution is -0.147. The first-order chi connectivity index (χ1) is 11.6. The molecule has 2 atom stereocenters. The molecule has 0 radical (unpaired) electrons. The van der Waals surface area contributed by atoms with E-state index in [-0.39, 0.29) is 18.4 Å². The first-order valence-electron chi connectivity index (χ1n) is 8.56. The number of nitrogens with one attached hydrogen (secondary N) is 1. The fourth-order valence-electron chi connectivity index (χ4n) is 4.19. The van der Waals surface area contributed by atoms with Crippen molar-refractivity contribution in [2.45, 2.75) is 38.6 Å². The Hall–Kier alpha value is -1.92. The zero-order valence-corrected chi connectivity index (χ0v) is 13.6. The predicted molar refractivity (Wildman–Crippen MR) is 86.1 cm³/mol. The topological polar surface area (TPSA) is 78.9 Å². The van der Waals surface area contributed by atoms with E-state index < -0.39 is 11.5 Å². The Morgan fingerprint density at radius 3 is 3.08 bits per heavy atom. The van der Waals surface area contributed by atoms with Crippen molar-refractivity contribution in [2.24, 2.45) is 5.41 Å². The summed E-state index contributed by atoms with van der Waals surface area (Å²) in [7, 11) is 0. The Labute approximate surface area is 140 Å². The monoisotopic (exact) mass is 330 g/mol. The van der Waals surface area contributed by atoms with Gasteiger partial charge in [0.25, 0.3) is 5.91 Å². The Bertz CT molecular complexity index is 690. The number of aliphatic hydroxyl groups excluding tert-OH is 1. The van der Waals surface area contributed by atoms with Crippen molar-refractivity contribution in [2.75, 3.05) is 19.6 Å². The molecule has 3 heterocycles. The summed E-state index contributed by atoms with van der Waals surface area (Å²) in [6, 6.07) is 5.69. The van der Waals surface area contributed by atoms with E-state index in [0.29, 0.717) is 44.7 Å². The molecule has 0 aromatic heterocycles. The van der Waals surface area contributed by atoms with Crippen molar-refractivity contribution in [1.29, 1.82) is 0 Å². The molecule has 1 spiro atoms. The van der Waals surface area contributed by atoms with Crippen LogP contribution in [0.1, 0.15) is 40.7 Å². The molecule has 2 saturated heterocycles. The SMILES string of the molecule is O=C(c1cccc2c1COC2)N1CC[C@H](O)[C@@]2(CCCNC2=O)C1. The highest BCUT2D eigenvalue weighted by Gasteiger charge is 2.50. The van der Waals surface area contributed by atoms with E-state index in [1.807, 2.05) is 18.2 Å². The summed E-state index contributed by atoms with van der Waals surface area (Å²) in [6.07, 6.45) is 1.20. The molecule has 6 heteroatoms. The Balaban J connectivity index is 1.62. The van der Waals surface area contributed by atoms with Gasteiger partial charge in [0.2, 0.25) is 5.91 Å². The van der Waals surface area contributed by atoms with Gasteiger partial charge in [0.15, 0.2) is 0 Å². The number of amides is 2. The van der Waals surface area contributed by atoms with Gasteiger partial charge in [-0.05, 0) is 36.5 Å². The summed E-state index contributed by atoms with van der Waals surface area (Å²) in [5.74, 6) is -0.192. The number of carbonyl (C=O) groups excluding carboxylic acids is 2. The molecule has 1 aromatic rings. The van der Waals surface area contributed by atoms with Crippen LogP contribution in [0.5, 0.6) is 0 Å².